The second kappa shape index (κ2) is 7.71. The summed E-state index contributed by atoms with van der Waals surface area (Å²) in [6.45, 7) is 9.90. The molecule has 0 saturated carbocycles. The summed E-state index contributed by atoms with van der Waals surface area (Å²) in [6.07, 6.45) is 2.13. The first kappa shape index (κ1) is 16.2. The van der Waals surface area contributed by atoms with E-state index in [1.54, 1.807) is 0 Å². The van der Waals surface area contributed by atoms with Gasteiger partial charge in [-0.2, -0.15) is 0 Å². The average molecular weight is 302 g/mol. The standard InChI is InChI=1S/C18H26N2S/c1-13(2)12-17-20-18(15-8-6-5-7-9-15)16(21-17)10-11-19-14(3)4/h5-9,13-14,19H,10-12H2,1-4H3. The van der Waals surface area contributed by atoms with Crippen molar-refractivity contribution < 1.29 is 0 Å². The van der Waals surface area contributed by atoms with Crippen molar-refractivity contribution in [1.82, 2.24) is 10.3 Å². The lowest BCUT2D eigenvalue weighted by Crippen LogP contribution is -2.24. The van der Waals surface area contributed by atoms with Crippen LogP contribution in [-0.4, -0.2) is 17.6 Å². The highest BCUT2D eigenvalue weighted by atomic mass is 32.1. The second-order valence-electron chi connectivity index (χ2n) is 6.20. The van der Waals surface area contributed by atoms with Gasteiger partial charge in [0, 0.05) is 29.4 Å². The summed E-state index contributed by atoms with van der Waals surface area (Å²) in [6, 6.07) is 11.1. The van der Waals surface area contributed by atoms with Crippen LogP contribution in [0.4, 0.5) is 0 Å². The maximum absolute atomic E-state index is 4.91. The van der Waals surface area contributed by atoms with Gasteiger partial charge in [0.1, 0.15) is 0 Å². The molecule has 0 atom stereocenters. The number of hydrogen-bond donors (Lipinski definition) is 1. The molecule has 1 aromatic carbocycles. The third kappa shape index (κ3) is 4.94. The highest BCUT2D eigenvalue weighted by Crippen LogP contribution is 2.29. The Bertz CT molecular complexity index is 544. The van der Waals surface area contributed by atoms with Gasteiger partial charge in [-0.05, 0) is 12.3 Å². The van der Waals surface area contributed by atoms with Crippen LogP contribution >= 0.6 is 11.3 Å². The topological polar surface area (TPSA) is 24.9 Å². The maximum Gasteiger partial charge on any atom is 0.0938 e. The zero-order valence-corrected chi connectivity index (χ0v) is 14.3. The predicted molar refractivity (Wildman–Crippen MR) is 92.9 cm³/mol. The van der Waals surface area contributed by atoms with Crippen LogP contribution in [0.25, 0.3) is 11.3 Å². The van der Waals surface area contributed by atoms with Crippen molar-refractivity contribution in [3.05, 3.63) is 40.2 Å². The highest BCUT2D eigenvalue weighted by Gasteiger charge is 2.13. The van der Waals surface area contributed by atoms with Crippen LogP contribution in [-0.2, 0) is 12.8 Å². The zero-order valence-electron chi connectivity index (χ0n) is 13.5. The Morgan fingerprint density at radius 3 is 2.43 bits per heavy atom. The average Bonchev–Trinajstić information content (AvgIpc) is 2.81. The Balaban J connectivity index is 2.21. The van der Waals surface area contributed by atoms with E-state index in [9.17, 15) is 0 Å². The molecule has 2 nitrogen and oxygen atoms in total. The van der Waals surface area contributed by atoms with Crippen LogP contribution in [0.1, 0.15) is 37.6 Å². The van der Waals surface area contributed by atoms with Crippen LogP contribution in [0.3, 0.4) is 0 Å². The summed E-state index contributed by atoms with van der Waals surface area (Å²) in [5.74, 6) is 0.654. The molecule has 0 amide bonds. The Labute approximate surface area is 132 Å². The van der Waals surface area contributed by atoms with Crippen LogP contribution < -0.4 is 5.32 Å². The van der Waals surface area contributed by atoms with Crippen molar-refractivity contribution in [2.24, 2.45) is 5.92 Å². The molecule has 1 heterocycles. The Morgan fingerprint density at radius 1 is 1.10 bits per heavy atom. The molecule has 21 heavy (non-hydrogen) atoms. The van der Waals surface area contributed by atoms with Gasteiger partial charge in [0.05, 0.1) is 10.7 Å². The van der Waals surface area contributed by atoms with Crippen LogP contribution in [0.2, 0.25) is 0 Å². The number of nitrogens with one attached hydrogen (secondary N) is 1. The molecule has 0 radical (unpaired) electrons. The van der Waals surface area contributed by atoms with E-state index in [0.29, 0.717) is 12.0 Å². The van der Waals surface area contributed by atoms with Crippen molar-refractivity contribution in [3.8, 4) is 11.3 Å². The normalized spacial score (nSPS) is 11.5. The first-order valence-corrected chi connectivity index (χ1v) is 8.65. The summed E-state index contributed by atoms with van der Waals surface area (Å²) in [5, 5.41) is 4.77. The molecule has 114 valence electrons. The van der Waals surface area contributed by atoms with Crippen LogP contribution in [0.5, 0.6) is 0 Å². The van der Waals surface area contributed by atoms with E-state index in [2.05, 4.69) is 63.3 Å². The lowest BCUT2D eigenvalue weighted by atomic mass is 10.1. The van der Waals surface area contributed by atoms with Crippen molar-refractivity contribution >= 4 is 11.3 Å². The summed E-state index contributed by atoms with van der Waals surface area (Å²) < 4.78 is 0. The van der Waals surface area contributed by atoms with Crippen molar-refractivity contribution in [3.63, 3.8) is 0 Å². The molecule has 0 unspecified atom stereocenters. The molecule has 0 fully saturated rings. The zero-order chi connectivity index (χ0) is 15.2. The Kier molecular flexibility index (Phi) is 5.95. The fraction of sp³-hybridized carbons (Fsp3) is 0.500. The van der Waals surface area contributed by atoms with Gasteiger partial charge < -0.3 is 5.32 Å². The van der Waals surface area contributed by atoms with Crippen LogP contribution in [0, 0.1) is 5.92 Å². The highest BCUT2D eigenvalue weighted by molar-refractivity contribution is 7.12. The van der Waals surface area contributed by atoms with Gasteiger partial charge >= 0.3 is 0 Å². The first-order chi connectivity index (χ1) is 10.1. The minimum Gasteiger partial charge on any atom is -0.314 e. The molecule has 0 spiro atoms. The van der Waals surface area contributed by atoms with E-state index in [1.807, 2.05) is 11.3 Å². The van der Waals surface area contributed by atoms with E-state index in [1.165, 1.54) is 21.1 Å². The molecule has 0 aliphatic carbocycles. The molecule has 0 saturated heterocycles. The summed E-state index contributed by atoms with van der Waals surface area (Å²) >= 11 is 1.88. The fourth-order valence-corrected chi connectivity index (χ4v) is 3.60. The second-order valence-corrected chi connectivity index (χ2v) is 7.37. The summed E-state index contributed by atoms with van der Waals surface area (Å²) in [5.41, 5.74) is 2.42. The van der Waals surface area contributed by atoms with Gasteiger partial charge in [-0.3, -0.25) is 0 Å². The molecule has 0 aliphatic rings. The monoisotopic (exact) mass is 302 g/mol. The van der Waals surface area contributed by atoms with Crippen LogP contribution in [0.15, 0.2) is 30.3 Å². The number of nitrogens with zero attached hydrogens (tertiary/aromatic N) is 1. The third-order valence-corrected chi connectivity index (χ3v) is 4.41. The molecule has 0 aliphatic heterocycles. The third-order valence-electron chi connectivity index (χ3n) is 3.28. The minimum absolute atomic E-state index is 0.535. The molecule has 2 aromatic rings. The molecule has 0 bridgehead atoms. The van der Waals surface area contributed by atoms with Gasteiger partial charge in [-0.1, -0.05) is 58.0 Å². The van der Waals surface area contributed by atoms with Gasteiger partial charge in [0.25, 0.3) is 0 Å². The van der Waals surface area contributed by atoms with E-state index >= 15 is 0 Å². The first-order valence-electron chi connectivity index (χ1n) is 7.83. The number of hydrogen-bond acceptors (Lipinski definition) is 3. The number of rotatable bonds is 7. The molecule has 1 aromatic heterocycles. The lowest BCUT2D eigenvalue weighted by Gasteiger charge is -2.07. The van der Waals surface area contributed by atoms with Gasteiger partial charge in [-0.15, -0.1) is 11.3 Å². The number of thiazole rings is 1. The van der Waals surface area contributed by atoms with E-state index < -0.39 is 0 Å². The molecule has 1 N–H and O–H groups in total. The van der Waals surface area contributed by atoms with Gasteiger partial charge in [-0.25, -0.2) is 4.98 Å². The van der Waals surface area contributed by atoms with Gasteiger partial charge in [0.2, 0.25) is 0 Å². The van der Waals surface area contributed by atoms with Crippen molar-refractivity contribution in [2.45, 2.75) is 46.6 Å². The fourth-order valence-electron chi connectivity index (χ4n) is 2.30. The lowest BCUT2D eigenvalue weighted by molar-refractivity contribution is 0.592. The minimum atomic E-state index is 0.535. The summed E-state index contributed by atoms with van der Waals surface area (Å²) in [4.78, 5) is 6.32. The Morgan fingerprint density at radius 2 is 1.81 bits per heavy atom. The number of aromatic nitrogens is 1. The molecular weight excluding hydrogens is 276 g/mol. The van der Waals surface area contributed by atoms with E-state index in [0.717, 1.165) is 19.4 Å². The van der Waals surface area contributed by atoms with Crippen molar-refractivity contribution in [1.29, 1.82) is 0 Å². The van der Waals surface area contributed by atoms with E-state index in [-0.39, 0.29) is 0 Å². The SMILES string of the molecule is CC(C)Cc1nc(-c2ccccc2)c(CCNC(C)C)s1. The van der Waals surface area contributed by atoms with Crippen molar-refractivity contribution in [2.75, 3.05) is 6.54 Å². The number of benzene rings is 1. The molecular formula is C18H26N2S. The van der Waals surface area contributed by atoms with Gasteiger partial charge in [0.15, 0.2) is 0 Å². The molecule has 2 rings (SSSR count). The van der Waals surface area contributed by atoms with E-state index in [4.69, 9.17) is 4.98 Å². The predicted octanol–water partition coefficient (Wildman–Crippen LogP) is 4.55. The summed E-state index contributed by atoms with van der Waals surface area (Å²) in [7, 11) is 0. The quantitative estimate of drug-likeness (QED) is 0.811. The smallest absolute Gasteiger partial charge is 0.0938 e. The Hall–Kier alpha value is -1.19. The largest absolute Gasteiger partial charge is 0.314 e. The molecule has 3 heteroatoms. The maximum atomic E-state index is 4.91.